The first-order valence-corrected chi connectivity index (χ1v) is 7.69. The quantitative estimate of drug-likeness (QED) is 0.725. The van der Waals surface area contributed by atoms with Gasteiger partial charge in [0.15, 0.2) is 5.69 Å². The molecule has 0 fully saturated rings. The summed E-state index contributed by atoms with van der Waals surface area (Å²) >= 11 is 0. The van der Waals surface area contributed by atoms with E-state index in [0.717, 1.165) is 11.3 Å². The largest absolute Gasteiger partial charge is 0.333 e. The molecule has 0 N–H and O–H groups in total. The van der Waals surface area contributed by atoms with Crippen molar-refractivity contribution in [2.24, 2.45) is 0 Å². The average Bonchev–Trinajstić information content (AvgIpc) is 3.10. The maximum Gasteiger partial charge on any atom is 0.276 e. The van der Waals surface area contributed by atoms with Gasteiger partial charge in [-0.1, -0.05) is 30.3 Å². The molecule has 3 rings (SSSR count). The van der Waals surface area contributed by atoms with Crippen molar-refractivity contribution in [2.45, 2.75) is 13.5 Å². The Morgan fingerprint density at radius 3 is 2.67 bits per heavy atom. The highest BCUT2D eigenvalue weighted by Gasteiger charge is 2.18. The van der Waals surface area contributed by atoms with Crippen molar-refractivity contribution >= 4 is 5.91 Å². The predicted molar refractivity (Wildman–Crippen MR) is 88.2 cm³/mol. The van der Waals surface area contributed by atoms with Gasteiger partial charge >= 0.3 is 0 Å². The molecule has 0 radical (unpaired) electrons. The van der Waals surface area contributed by atoms with Crippen molar-refractivity contribution in [2.75, 3.05) is 6.54 Å². The molecule has 1 aromatic heterocycles. The third-order valence-corrected chi connectivity index (χ3v) is 3.63. The number of hydrogen-bond donors (Lipinski definition) is 0. The van der Waals surface area contributed by atoms with Crippen LogP contribution in [0.25, 0.3) is 5.69 Å². The molecule has 1 heterocycles. The molecule has 2 aromatic carbocycles. The summed E-state index contributed by atoms with van der Waals surface area (Å²) in [5.41, 5.74) is 1.78. The van der Waals surface area contributed by atoms with Crippen LogP contribution in [0.1, 0.15) is 23.0 Å². The summed E-state index contributed by atoms with van der Waals surface area (Å²) in [6, 6.07) is 15.6. The van der Waals surface area contributed by atoms with Gasteiger partial charge in [0, 0.05) is 13.1 Å². The number of nitrogens with zero attached hydrogens (tertiary/aromatic N) is 4. The topological polar surface area (TPSA) is 51.0 Å². The second-order valence-corrected chi connectivity index (χ2v) is 5.30. The molecule has 3 aromatic rings. The minimum Gasteiger partial charge on any atom is -0.333 e. The highest BCUT2D eigenvalue weighted by Crippen LogP contribution is 2.11. The number of aromatic nitrogens is 3. The van der Waals surface area contributed by atoms with E-state index in [1.165, 1.54) is 23.1 Å². The molecule has 0 aliphatic carbocycles. The number of rotatable bonds is 5. The van der Waals surface area contributed by atoms with Crippen molar-refractivity contribution in [1.29, 1.82) is 0 Å². The van der Waals surface area contributed by atoms with Crippen LogP contribution in [0.3, 0.4) is 0 Å². The maximum atomic E-state index is 13.3. The monoisotopic (exact) mass is 324 g/mol. The lowest BCUT2D eigenvalue weighted by molar-refractivity contribution is 0.0746. The SMILES string of the molecule is CCN(Cc1cccc(F)c1)C(=O)c1cnn(-c2ccccc2)n1. The lowest BCUT2D eigenvalue weighted by Crippen LogP contribution is -2.30. The van der Waals surface area contributed by atoms with Crippen molar-refractivity contribution < 1.29 is 9.18 Å². The summed E-state index contributed by atoms with van der Waals surface area (Å²) < 4.78 is 13.3. The molecule has 0 saturated carbocycles. The standard InChI is InChI=1S/C18H17FN4O/c1-2-22(13-14-7-6-8-15(19)11-14)18(24)17-12-20-23(21-17)16-9-4-3-5-10-16/h3-12H,2,13H2,1H3. The molecule has 122 valence electrons. The van der Waals surface area contributed by atoms with Gasteiger partial charge < -0.3 is 4.90 Å². The van der Waals surface area contributed by atoms with Crippen molar-refractivity contribution in [1.82, 2.24) is 19.9 Å². The highest BCUT2D eigenvalue weighted by atomic mass is 19.1. The zero-order valence-corrected chi connectivity index (χ0v) is 13.3. The molecule has 6 heteroatoms. The molecular weight excluding hydrogens is 307 g/mol. The van der Waals surface area contributed by atoms with Gasteiger partial charge in [-0.25, -0.2) is 4.39 Å². The number of carbonyl (C=O) groups is 1. The molecule has 0 unspecified atom stereocenters. The summed E-state index contributed by atoms with van der Waals surface area (Å²) in [7, 11) is 0. The van der Waals surface area contributed by atoms with E-state index in [2.05, 4.69) is 10.2 Å². The minimum absolute atomic E-state index is 0.232. The number of halogens is 1. The second-order valence-electron chi connectivity index (χ2n) is 5.30. The Labute approximate surface area is 139 Å². The number of carbonyl (C=O) groups excluding carboxylic acids is 1. The van der Waals surface area contributed by atoms with Gasteiger partial charge in [0.25, 0.3) is 5.91 Å². The van der Waals surface area contributed by atoms with Gasteiger partial charge in [-0.2, -0.15) is 9.90 Å². The van der Waals surface area contributed by atoms with E-state index in [1.54, 1.807) is 17.0 Å². The van der Waals surface area contributed by atoms with Crippen LogP contribution >= 0.6 is 0 Å². The fourth-order valence-electron chi connectivity index (χ4n) is 2.39. The Morgan fingerprint density at radius 2 is 1.96 bits per heavy atom. The summed E-state index contributed by atoms with van der Waals surface area (Å²) in [5.74, 6) is -0.546. The van der Waals surface area contributed by atoms with E-state index in [4.69, 9.17) is 0 Å². The summed E-state index contributed by atoms with van der Waals surface area (Å²) in [5, 5.41) is 8.39. The molecule has 5 nitrogen and oxygen atoms in total. The number of para-hydroxylation sites is 1. The molecule has 0 spiro atoms. The first-order valence-electron chi connectivity index (χ1n) is 7.69. The van der Waals surface area contributed by atoms with Crippen molar-refractivity contribution in [3.05, 3.63) is 77.9 Å². The van der Waals surface area contributed by atoms with Crippen LogP contribution < -0.4 is 0 Å². The van der Waals surface area contributed by atoms with Crippen LogP contribution in [0, 0.1) is 5.82 Å². The lowest BCUT2D eigenvalue weighted by atomic mass is 10.2. The smallest absolute Gasteiger partial charge is 0.276 e. The van der Waals surface area contributed by atoms with Crippen molar-refractivity contribution in [3.63, 3.8) is 0 Å². The number of hydrogen-bond acceptors (Lipinski definition) is 3. The Hall–Kier alpha value is -3.02. The van der Waals surface area contributed by atoms with Crippen LogP contribution in [0.5, 0.6) is 0 Å². The maximum absolute atomic E-state index is 13.3. The highest BCUT2D eigenvalue weighted by molar-refractivity contribution is 5.91. The summed E-state index contributed by atoms with van der Waals surface area (Å²) in [4.78, 5) is 15.7. The molecule has 1 amide bonds. The second kappa shape index (κ2) is 7.04. The van der Waals surface area contributed by atoms with E-state index in [1.807, 2.05) is 37.3 Å². The first-order chi connectivity index (χ1) is 11.7. The van der Waals surface area contributed by atoms with Gasteiger partial charge in [0.1, 0.15) is 5.82 Å². The zero-order chi connectivity index (χ0) is 16.9. The Bertz CT molecular complexity index is 832. The average molecular weight is 324 g/mol. The molecule has 0 bridgehead atoms. The van der Waals surface area contributed by atoms with E-state index in [-0.39, 0.29) is 17.4 Å². The van der Waals surface area contributed by atoms with Gasteiger partial charge in [0.05, 0.1) is 11.9 Å². The fourth-order valence-corrected chi connectivity index (χ4v) is 2.39. The lowest BCUT2D eigenvalue weighted by Gasteiger charge is -2.19. The van der Waals surface area contributed by atoms with Gasteiger partial charge in [-0.05, 0) is 36.8 Å². The van der Waals surface area contributed by atoms with E-state index in [9.17, 15) is 9.18 Å². The van der Waals surface area contributed by atoms with E-state index in [0.29, 0.717) is 13.1 Å². The van der Waals surface area contributed by atoms with Crippen LogP contribution in [-0.2, 0) is 6.54 Å². The number of benzene rings is 2. The zero-order valence-electron chi connectivity index (χ0n) is 13.3. The van der Waals surface area contributed by atoms with Crippen molar-refractivity contribution in [3.8, 4) is 5.69 Å². The summed E-state index contributed by atoms with van der Waals surface area (Å²) in [6.07, 6.45) is 1.45. The Morgan fingerprint density at radius 1 is 1.17 bits per heavy atom. The third-order valence-electron chi connectivity index (χ3n) is 3.63. The number of amides is 1. The van der Waals surface area contributed by atoms with E-state index >= 15 is 0 Å². The molecule has 0 saturated heterocycles. The molecule has 24 heavy (non-hydrogen) atoms. The minimum atomic E-state index is -0.314. The van der Waals surface area contributed by atoms with Crippen LogP contribution in [-0.4, -0.2) is 32.3 Å². The van der Waals surface area contributed by atoms with Crippen LogP contribution in [0.4, 0.5) is 4.39 Å². The summed E-state index contributed by atoms with van der Waals surface area (Å²) in [6.45, 7) is 2.69. The molecule has 0 aliphatic heterocycles. The molecular formula is C18H17FN4O. The molecule has 0 aliphatic rings. The first kappa shape index (κ1) is 15.9. The van der Waals surface area contributed by atoms with Crippen LogP contribution in [0.2, 0.25) is 0 Å². The fraction of sp³-hybridized carbons (Fsp3) is 0.167. The third kappa shape index (κ3) is 3.48. The van der Waals surface area contributed by atoms with Gasteiger partial charge in [-0.15, -0.1) is 5.10 Å². The Kier molecular flexibility index (Phi) is 4.65. The molecule has 0 atom stereocenters. The van der Waals surface area contributed by atoms with Gasteiger partial charge in [-0.3, -0.25) is 4.79 Å². The normalized spacial score (nSPS) is 10.6. The predicted octanol–water partition coefficient (Wildman–Crippen LogP) is 3.07. The van der Waals surface area contributed by atoms with E-state index < -0.39 is 0 Å². The Balaban J connectivity index is 1.78. The van der Waals surface area contributed by atoms with Crippen LogP contribution in [0.15, 0.2) is 60.8 Å². The van der Waals surface area contributed by atoms with Gasteiger partial charge in [0.2, 0.25) is 0 Å².